The molecule has 2 aromatic rings. The van der Waals surface area contributed by atoms with Gasteiger partial charge >= 0.3 is 0 Å². The maximum atomic E-state index is 13.3. The fraction of sp³-hybridized carbons (Fsp3) is 0.607. The number of aromatic hydroxyl groups is 1. The van der Waals surface area contributed by atoms with Crippen LogP contribution in [0.15, 0.2) is 12.3 Å². The van der Waals surface area contributed by atoms with Gasteiger partial charge in [0, 0.05) is 29.3 Å². The Kier molecular flexibility index (Phi) is 6.07. The van der Waals surface area contributed by atoms with Crippen molar-refractivity contribution in [3.05, 3.63) is 39.4 Å². The van der Waals surface area contributed by atoms with Crippen LogP contribution in [-0.4, -0.2) is 21.8 Å². The zero-order chi connectivity index (χ0) is 24.2. The summed E-state index contributed by atoms with van der Waals surface area (Å²) in [5, 5.41) is 14.2. The molecule has 5 rings (SSSR count). The van der Waals surface area contributed by atoms with Crippen molar-refractivity contribution in [2.24, 2.45) is 23.2 Å². The zero-order valence-electron chi connectivity index (χ0n) is 20.7. The number of carbonyl (C=O) groups excluding carboxylic acids is 2. The van der Waals surface area contributed by atoms with Crippen LogP contribution >= 0.6 is 11.3 Å². The molecule has 5 atom stereocenters. The number of carbonyl (C=O) groups is 2. The van der Waals surface area contributed by atoms with Crippen LogP contribution in [0.1, 0.15) is 85.4 Å². The molecule has 1 heterocycles. The number of aryl methyl sites for hydroxylation is 2. The van der Waals surface area contributed by atoms with E-state index in [-0.39, 0.29) is 17.2 Å². The summed E-state index contributed by atoms with van der Waals surface area (Å²) in [6, 6.07) is 2.26. The van der Waals surface area contributed by atoms with Crippen LogP contribution < -0.4 is 5.32 Å². The van der Waals surface area contributed by atoms with E-state index in [0.717, 1.165) is 54.5 Å². The van der Waals surface area contributed by atoms with Gasteiger partial charge in [-0.2, -0.15) is 0 Å². The minimum absolute atomic E-state index is 0.00422. The van der Waals surface area contributed by atoms with Crippen molar-refractivity contribution in [1.82, 2.24) is 4.98 Å². The lowest BCUT2D eigenvalue weighted by atomic mass is 9.53. The van der Waals surface area contributed by atoms with Gasteiger partial charge in [0.2, 0.25) is 5.91 Å². The third-order valence-corrected chi connectivity index (χ3v) is 10.0. The highest BCUT2D eigenvalue weighted by Gasteiger charge is 2.58. The fourth-order valence-corrected chi connectivity index (χ4v) is 8.18. The van der Waals surface area contributed by atoms with E-state index < -0.39 is 0 Å². The van der Waals surface area contributed by atoms with Gasteiger partial charge in [0.05, 0.1) is 0 Å². The monoisotopic (exact) mass is 480 g/mol. The molecular weight excluding hydrogens is 444 g/mol. The topological polar surface area (TPSA) is 79.3 Å². The van der Waals surface area contributed by atoms with Gasteiger partial charge in [0.1, 0.15) is 11.5 Å². The van der Waals surface area contributed by atoms with Crippen LogP contribution in [0.2, 0.25) is 0 Å². The van der Waals surface area contributed by atoms with E-state index in [1.54, 1.807) is 6.20 Å². The maximum Gasteiger partial charge on any atom is 0.226 e. The van der Waals surface area contributed by atoms with Gasteiger partial charge in [0.15, 0.2) is 5.13 Å². The first-order chi connectivity index (χ1) is 16.2. The SMILES string of the molecule is CCc1cc2c(c(C)c1O)CCC1C2CCC2(C)C(=O)CC(CCC(=O)Nc3ncc(C)s3)C12. The van der Waals surface area contributed by atoms with Crippen molar-refractivity contribution in [2.75, 3.05) is 5.32 Å². The first-order valence-corrected chi connectivity index (χ1v) is 13.6. The molecule has 5 nitrogen and oxygen atoms in total. The number of phenolic OH excluding ortho intramolecular Hbond substituents is 1. The van der Waals surface area contributed by atoms with Crippen molar-refractivity contribution in [3.8, 4) is 5.75 Å². The number of ketones is 1. The van der Waals surface area contributed by atoms with Gasteiger partial charge in [-0.05, 0) is 98.3 Å². The number of hydrogen-bond acceptors (Lipinski definition) is 5. The van der Waals surface area contributed by atoms with Gasteiger partial charge in [-0.15, -0.1) is 11.3 Å². The zero-order valence-corrected chi connectivity index (χ0v) is 21.6. The molecule has 3 aliphatic carbocycles. The Labute approximate surface area is 206 Å². The number of phenols is 1. The molecule has 5 unspecified atom stereocenters. The minimum Gasteiger partial charge on any atom is -0.507 e. The van der Waals surface area contributed by atoms with Crippen LogP contribution in [0, 0.1) is 37.0 Å². The minimum atomic E-state index is -0.258. The molecule has 1 aromatic carbocycles. The van der Waals surface area contributed by atoms with Crippen LogP contribution in [0.3, 0.4) is 0 Å². The third kappa shape index (κ3) is 3.78. The van der Waals surface area contributed by atoms with E-state index in [0.29, 0.717) is 47.3 Å². The van der Waals surface area contributed by atoms with E-state index >= 15 is 0 Å². The van der Waals surface area contributed by atoms with E-state index in [1.807, 2.05) is 6.92 Å². The van der Waals surface area contributed by atoms with E-state index in [2.05, 4.69) is 37.1 Å². The Morgan fingerprint density at radius 3 is 2.82 bits per heavy atom. The molecule has 3 aliphatic rings. The van der Waals surface area contributed by atoms with Crippen molar-refractivity contribution in [1.29, 1.82) is 0 Å². The molecule has 1 amide bonds. The normalized spacial score (nSPS) is 29.9. The molecule has 0 aliphatic heterocycles. The summed E-state index contributed by atoms with van der Waals surface area (Å²) in [6.07, 6.45) is 8.41. The van der Waals surface area contributed by atoms with Gasteiger partial charge in [0.25, 0.3) is 0 Å². The number of amides is 1. The summed E-state index contributed by atoms with van der Waals surface area (Å²) < 4.78 is 0. The summed E-state index contributed by atoms with van der Waals surface area (Å²) in [5.41, 5.74) is 4.58. The molecule has 6 heteroatoms. The predicted molar refractivity (Wildman–Crippen MR) is 135 cm³/mol. The number of hydrogen-bond donors (Lipinski definition) is 2. The van der Waals surface area contributed by atoms with Crippen LogP contribution in [-0.2, 0) is 22.4 Å². The summed E-state index contributed by atoms with van der Waals surface area (Å²) >= 11 is 1.49. The fourth-order valence-electron chi connectivity index (χ4n) is 7.50. The molecule has 2 fully saturated rings. The van der Waals surface area contributed by atoms with Crippen LogP contribution in [0.25, 0.3) is 0 Å². The van der Waals surface area contributed by atoms with Crippen molar-refractivity contribution in [3.63, 3.8) is 0 Å². The lowest BCUT2D eigenvalue weighted by molar-refractivity contribution is -0.129. The number of rotatable bonds is 5. The highest BCUT2D eigenvalue weighted by Crippen LogP contribution is 2.62. The number of thiazole rings is 1. The summed E-state index contributed by atoms with van der Waals surface area (Å²) in [5.74, 6) is 2.39. The standard InChI is InChI=1S/C28H36N2O3S/c1-5-17-12-22-19(16(3)26(17)33)7-8-21-20(22)10-11-28(4)23(31)13-18(25(21)28)6-9-24(32)30-27-29-14-15(2)34-27/h12,14,18,20-21,25,33H,5-11,13H2,1-4H3,(H,29,30,32). The Morgan fingerprint density at radius 1 is 1.32 bits per heavy atom. The quantitative estimate of drug-likeness (QED) is 0.542. The molecule has 0 saturated heterocycles. The van der Waals surface area contributed by atoms with Gasteiger partial charge in [-0.1, -0.05) is 19.9 Å². The van der Waals surface area contributed by atoms with E-state index in [9.17, 15) is 14.7 Å². The second-order valence-electron chi connectivity index (χ2n) is 11.0. The van der Waals surface area contributed by atoms with Gasteiger partial charge in [-0.25, -0.2) is 4.98 Å². The molecule has 182 valence electrons. The lowest BCUT2D eigenvalue weighted by Crippen LogP contribution is -2.44. The number of benzene rings is 1. The summed E-state index contributed by atoms with van der Waals surface area (Å²) in [6.45, 7) is 8.34. The number of fused-ring (bicyclic) bond motifs is 5. The molecule has 0 bridgehead atoms. The molecule has 0 radical (unpaired) electrons. The molecule has 2 N–H and O–H groups in total. The first-order valence-electron chi connectivity index (χ1n) is 12.8. The first kappa shape index (κ1) is 23.5. The highest BCUT2D eigenvalue weighted by atomic mass is 32.1. The van der Waals surface area contributed by atoms with E-state index in [1.165, 1.54) is 22.5 Å². The number of aromatic nitrogens is 1. The molecule has 2 saturated carbocycles. The second-order valence-corrected chi connectivity index (χ2v) is 12.2. The van der Waals surface area contributed by atoms with Crippen LogP contribution in [0.4, 0.5) is 5.13 Å². The Hall–Kier alpha value is -2.21. The number of anilines is 1. The maximum absolute atomic E-state index is 13.3. The Bertz CT molecular complexity index is 1140. The Balaban J connectivity index is 1.38. The lowest BCUT2D eigenvalue weighted by Gasteiger charge is -2.50. The average molecular weight is 481 g/mol. The van der Waals surface area contributed by atoms with E-state index in [4.69, 9.17) is 0 Å². The second kappa shape index (κ2) is 8.78. The number of nitrogens with one attached hydrogen (secondary N) is 1. The summed E-state index contributed by atoms with van der Waals surface area (Å²) in [7, 11) is 0. The Morgan fingerprint density at radius 2 is 2.12 bits per heavy atom. The third-order valence-electron chi connectivity index (χ3n) is 9.19. The van der Waals surface area contributed by atoms with Crippen molar-refractivity contribution >= 4 is 28.2 Å². The summed E-state index contributed by atoms with van der Waals surface area (Å²) in [4.78, 5) is 31.2. The molecular formula is C28H36N2O3S. The number of nitrogens with zero attached hydrogens (tertiary/aromatic N) is 1. The van der Waals surface area contributed by atoms with Crippen LogP contribution in [0.5, 0.6) is 5.75 Å². The predicted octanol–water partition coefficient (Wildman–Crippen LogP) is 6.10. The number of Topliss-reactive ketones (excluding diaryl/α,β-unsaturated/α-hetero) is 1. The molecule has 0 spiro atoms. The smallest absolute Gasteiger partial charge is 0.226 e. The molecule has 1 aromatic heterocycles. The van der Waals surface area contributed by atoms with Gasteiger partial charge < -0.3 is 10.4 Å². The van der Waals surface area contributed by atoms with Crippen molar-refractivity contribution < 1.29 is 14.7 Å². The van der Waals surface area contributed by atoms with Crippen molar-refractivity contribution in [2.45, 2.75) is 85.0 Å². The molecule has 34 heavy (non-hydrogen) atoms. The highest BCUT2D eigenvalue weighted by molar-refractivity contribution is 7.15. The van der Waals surface area contributed by atoms with Gasteiger partial charge in [-0.3, -0.25) is 9.59 Å². The average Bonchev–Trinajstić information content (AvgIpc) is 3.33. The largest absolute Gasteiger partial charge is 0.507 e.